The number of nitrogens with zero attached hydrogens (tertiary/aromatic N) is 1. The Balaban J connectivity index is 1.70. The molecule has 0 N–H and O–H groups in total. The van der Waals surface area contributed by atoms with Crippen molar-refractivity contribution in [2.24, 2.45) is 0 Å². The van der Waals surface area contributed by atoms with E-state index < -0.39 is 0 Å². The molecule has 0 atom stereocenters. The van der Waals surface area contributed by atoms with Crippen LogP contribution >= 0.6 is 0 Å². The second-order valence-electron chi connectivity index (χ2n) is 5.59. The van der Waals surface area contributed by atoms with Crippen LogP contribution in [-0.2, 0) is 4.79 Å². The molecule has 0 aliphatic carbocycles. The molecular weight excluding hydrogens is 250 g/mol. The number of benzene rings is 1. The van der Waals surface area contributed by atoms with Gasteiger partial charge in [0.15, 0.2) is 0 Å². The van der Waals surface area contributed by atoms with E-state index in [9.17, 15) is 4.79 Å². The molecule has 1 aromatic carbocycles. The molecule has 1 aliphatic rings. The van der Waals surface area contributed by atoms with Crippen LogP contribution in [0.25, 0.3) is 0 Å². The van der Waals surface area contributed by atoms with Crippen LogP contribution in [-0.4, -0.2) is 30.5 Å². The summed E-state index contributed by atoms with van der Waals surface area (Å²) in [6, 6.07) is 6.09. The molecular formula is C17H25NO2. The summed E-state index contributed by atoms with van der Waals surface area (Å²) in [5.74, 6) is 1.23. The molecule has 1 amide bonds. The second-order valence-corrected chi connectivity index (χ2v) is 5.59. The molecule has 20 heavy (non-hydrogen) atoms. The van der Waals surface area contributed by atoms with E-state index in [0.717, 1.165) is 38.1 Å². The van der Waals surface area contributed by atoms with Gasteiger partial charge in [0.05, 0.1) is 6.61 Å². The van der Waals surface area contributed by atoms with E-state index in [2.05, 4.69) is 19.9 Å². The van der Waals surface area contributed by atoms with Crippen molar-refractivity contribution in [3.63, 3.8) is 0 Å². The summed E-state index contributed by atoms with van der Waals surface area (Å²) >= 11 is 0. The summed E-state index contributed by atoms with van der Waals surface area (Å²) in [5.41, 5.74) is 2.43. The minimum Gasteiger partial charge on any atom is -0.493 e. The molecule has 3 heteroatoms. The Morgan fingerprint density at radius 2 is 1.95 bits per heavy atom. The van der Waals surface area contributed by atoms with Gasteiger partial charge in [-0.05, 0) is 56.7 Å². The number of hydrogen-bond acceptors (Lipinski definition) is 2. The lowest BCUT2D eigenvalue weighted by molar-refractivity contribution is -0.132. The number of piperidine rings is 1. The maximum atomic E-state index is 12.0. The molecule has 2 rings (SSSR count). The van der Waals surface area contributed by atoms with Crippen LogP contribution < -0.4 is 4.74 Å². The van der Waals surface area contributed by atoms with Gasteiger partial charge in [0.25, 0.3) is 0 Å². The maximum Gasteiger partial charge on any atom is 0.222 e. The van der Waals surface area contributed by atoms with Crippen molar-refractivity contribution in [1.82, 2.24) is 4.90 Å². The van der Waals surface area contributed by atoms with Crippen LogP contribution in [0.1, 0.15) is 43.2 Å². The Morgan fingerprint density at radius 3 is 2.70 bits per heavy atom. The molecule has 1 aliphatic heterocycles. The quantitative estimate of drug-likeness (QED) is 0.770. The Bertz CT molecular complexity index is 450. The lowest BCUT2D eigenvalue weighted by Crippen LogP contribution is -2.35. The van der Waals surface area contributed by atoms with Gasteiger partial charge in [-0.3, -0.25) is 4.79 Å². The Labute approximate surface area is 121 Å². The third-order valence-electron chi connectivity index (χ3n) is 4.06. The first-order chi connectivity index (χ1) is 9.68. The van der Waals surface area contributed by atoms with Gasteiger partial charge in [0.2, 0.25) is 5.91 Å². The predicted molar refractivity (Wildman–Crippen MR) is 81.1 cm³/mol. The number of amides is 1. The first-order valence-corrected chi connectivity index (χ1v) is 7.65. The zero-order valence-corrected chi connectivity index (χ0v) is 12.7. The number of carbonyl (C=O) groups is 1. The summed E-state index contributed by atoms with van der Waals surface area (Å²) < 4.78 is 5.78. The summed E-state index contributed by atoms with van der Waals surface area (Å²) in [6.45, 7) is 6.66. The molecule has 0 spiro atoms. The third-order valence-corrected chi connectivity index (χ3v) is 4.06. The highest BCUT2D eigenvalue weighted by molar-refractivity contribution is 5.76. The normalized spacial score (nSPS) is 15.2. The lowest BCUT2D eigenvalue weighted by Gasteiger charge is -2.26. The van der Waals surface area contributed by atoms with Crippen molar-refractivity contribution in [2.75, 3.05) is 19.7 Å². The molecule has 1 fully saturated rings. The van der Waals surface area contributed by atoms with Crippen LogP contribution in [0, 0.1) is 13.8 Å². The number of ether oxygens (including phenoxy) is 1. The fourth-order valence-electron chi connectivity index (χ4n) is 2.59. The average molecular weight is 275 g/mol. The zero-order chi connectivity index (χ0) is 14.4. The van der Waals surface area contributed by atoms with E-state index in [0.29, 0.717) is 13.0 Å². The SMILES string of the molecule is Cc1cccc(OCCCC(=O)N2CCCCC2)c1C. The average Bonchev–Trinajstić information content (AvgIpc) is 2.48. The minimum atomic E-state index is 0.286. The fourth-order valence-corrected chi connectivity index (χ4v) is 2.59. The van der Waals surface area contributed by atoms with Crippen LogP contribution in [0.4, 0.5) is 0 Å². The third kappa shape index (κ3) is 3.99. The molecule has 1 saturated heterocycles. The number of aryl methyl sites for hydroxylation is 1. The lowest BCUT2D eigenvalue weighted by atomic mass is 10.1. The molecule has 0 radical (unpaired) electrons. The van der Waals surface area contributed by atoms with Gasteiger partial charge >= 0.3 is 0 Å². The number of carbonyl (C=O) groups excluding carboxylic acids is 1. The Hall–Kier alpha value is -1.51. The van der Waals surface area contributed by atoms with E-state index >= 15 is 0 Å². The van der Waals surface area contributed by atoms with Crippen LogP contribution in [0.15, 0.2) is 18.2 Å². The molecule has 0 bridgehead atoms. The molecule has 110 valence electrons. The molecule has 3 nitrogen and oxygen atoms in total. The summed E-state index contributed by atoms with van der Waals surface area (Å²) in [5, 5.41) is 0. The molecule has 0 saturated carbocycles. The van der Waals surface area contributed by atoms with Crippen LogP contribution in [0.3, 0.4) is 0 Å². The van der Waals surface area contributed by atoms with E-state index in [4.69, 9.17) is 4.74 Å². The predicted octanol–water partition coefficient (Wildman–Crippen LogP) is 3.47. The largest absolute Gasteiger partial charge is 0.493 e. The Morgan fingerprint density at radius 1 is 1.20 bits per heavy atom. The second kappa shape index (κ2) is 7.32. The monoisotopic (exact) mass is 275 g/mol. The van der Waals surface area contributed by atoms with Crippen LogP contribution in [0.2, 0.25) is 0 Å². The summed E-state index contributed by atoms with van der Waals surface area (Å²) in [4.78, 5) is 14.0. The smallest absolute Gasteiger partial charge is 0.222 e. The van der Waals surface area contributed by atoms with Gasteiger partial charge in [0.1, 0.15) is 5.75 Å². The molecule has 1 aromatic rings. The van der Waals surface area contributed by atoms with Crippen molar-refractivity contribution in [3.05, 3.63) is 29.3 Å². The number of likely N-dealkylation sites (tertiary alicyclic amines) is 1. The van der Waals surface area contributed by atoms with Crippen molar-refractivity contribution < 1.29 is 9.53 Å². The van der Waals surface area contributed by atoms with Gasteiger partial charge in [-0.25, -0.2) is 0 Å². The van der Waals surface area contributed by atoms with Crippen LogP contribution in [0.5, 0.6) is 5.75 Å². The molecule has 0 aromatic heterocycles. The minimum absolute atomic E-state index is 0.286. The Kier molecular flexibility index (Phi) is 5.45. The summed E-state index contributed by atoms with van der Waals surface area (Å²) in [6.07, 6.45) is 4.97. The standard InChI is InChI=1S/C17H25NO2/c1-14-8-6-9-16(15(14)2)20-13-7-10-17(19)18-11-4-3-5-12-18/h6,8-9H,3-5,7,10-13H2,1-2H3. The van der Waals surface area contributed by atoms with Crippen molar-refractivity contribution in [3.8, 4) is 5.75 Å². The highest BCUT2D eigenvalue weighted by Crippen LogP contribution is 2.20. The number of hydrogen-bond donors (Lipinski definition) is 0. The van der Waals surface area contributed by atoms with Gasteiger partial charge in [-0.15, -0.1) is 0 Å². The zero-order valence-electron chi connectivity index (χ0n) is 12.7. The van der Waals surface area contributed by atoms with E-state index in [-0.39, 0.29) is 5.91 Å². The number of rotatable bonds is 5. The van der Waals surface area contributed by atoms with E-state index in [1.165, 1.54) is 17.5 Å². The van der Waals surface area contributed by atoms with E-state index in [1.807, 2.05) is 17.0 Å². The molecule has 1 heterocycles. The van der Waals surface area contributed by atoms with Gasteiger partial charge < -0.3 is 9.64 Å². The molecule has 0 unspecified atom stereocenters. The van der Waals surface area contributed by atoms with Gasteiger partial charge in [-0.1, -0.05) is 12.1 Å². The van der Waals surface area contributed by atoms with Gasteiger partial charge in [-0.2, -0.15) is 0 Å². The first kappa shape index (κ1) is 14.9. The van der Waals surface area contributed by atoms with Crippen molar-refractivity contribution in [2.45, 2.75) is 46.0 Å². The van der Waals surface area contributed by atoms with Crippen molar-refractivity contribution >= 4 is 5.91 Å². The topological polar surface area (TPSA) is 29.5 Å². The maximum absolute atomic E-state index is 12.0. The van der Waals surface area contributed by atoms with Gasteiger partial charge in [0, 0.05) is 19.5 Å². The highest BCUT2D eigenvalue weighted by atomic mass is 16.5. The fraction of sp³-hybridized carbons (Fsp3) is 0.588. The highest BCUT2D eigenvalue weighted by Gasteiger charge is 2.15. The van der Waals surface area contributed by atoms with E-state index in [1.54, 1.807) is 0 Å². The van der Waals surface area contributed by atoms with Crippen molar-refractivity contribution in [1.29, 1.82) is 0 Å². The first-order valence-electron chi connectivity index (χ1n) is 7.65. The summed E-state index contributed by atoms with van der Waals surface area (Å²) in [7, 11) is 0.